The molecule has 0 radical (unpaired) electrons. The Morgan fingerprint density at radius 3 is 1.36 bits per heavy atom. The summed E-state index contributed by atoms with van der Waals surface area (Å²) in [5.41, 5.74) is 1.32. The van der Waals surface area contributed by atoms with Crippen molar-refractivity contribution in [3.63, 3.8) is 0 Å². The zero-order chi connectivity index (χ0) is 16.1. The SMILES string of the molecule is Fc1ccc(F)c2c1C=C[CH]2[Zr+2][CH]1C=Cc2c(F)ccc(F)c21.[Cl-].[Cl-]. The summed E-state index contributed by atoms with van der Waals surface area (Å²) in [4.78, 5) is 0. The first-order valence-corrected chi connectivity index (χ1v) is 9.98. The predicted molar refractivity (Wildman–Crippen MR) is 76.3 cm³/mol. The van der Waals surface area contributed by atoms with Gasteiger partial charge in [0.25, 0.3) is 0 Å². The standard InChI is InChI=1S/2C9H5F2.2ClH.Zr/c2*10-8-4-5-9(11)7-3-1-2-6(7)8;;;/h2*1-5H;2*1H;/q;;;;+2/p-2. The van der Waals surface area contributed by atoms with Crippen LogP contribution in [0.4, 0.5) is 17.6 Å². The molecule has 4 rings (SSSR count). The Morgan fingerprint density at radius 2 is 0.960 bits per heavy atom. The van der Waals surface area contributed by atoms with Crippen molar-refractivity contribution in [2.45, 2.75) is 7.25 Å². The van der Waals surface area contributed by atoms with Gasteiger partial charge in [0.1, 0.15) is 0 Å². The van der Waals surface area contributed by atoms with Crippen LogP contribution in [0.15, 0.2) is 36.4 Å². The van der Waals surface area contributed by atoms with Crippen LogP contribution in [0.25, 0.3) is 12.2 Å². The minimum Gasteiger partial charge on any atom is -1.00 e. The van der Waals surface area contributed by atoms with Crippen LogP contribution in [0.3, 0.4) is 0 Å². The van der Waals surface area contributed by atoms with E-state index in [4.69, 9.17) is 0 Å². The summed E-state index contributed by atoms with van der Waals surface area (Å²) in [6, 6.07) is 4.50. The molecule has 2 aromatic rings. The van der Waals surface area contributed by atoms with Crippen molar-refractivity contribution < 1.29 is 65.6 Å². The van der Waals surface area contributed by atoms with Crippen molar-refractivity contribution >= 4 is 12.2 Å². The average Bonchev–Trinajstić information content (AvgIpc) is 3.14. The Kier molecular flexibility index (Phi) is 6.35. The van der Waals surface area contributed by atoms with Gasteiger partial charge in [-0.05, 0) is 0 Å². The van der Waals surface area contributed by atoms with Gasteiger partial charge >= 0.3 is 142 Å². The van der Waals surface area contributed by atoms with Crippen LogP contribution < -0.4 is 24.8 Å². The number of hydrogen-bond acceptors (Lipinski definition) is 0. The van der Waals surface area contributed by atoms with E-state index in [0.29, 0.717) is 11.1 Å². The summed E-state index contributed by atoms with van der Waals surface area (Å²) < 4.78 is 55.4. The molecule has 2 aromatic carbocycles. The van der Waals surface area contributed by atoms with Crippen molar-refractivity contribution in [1.29, 1.82) is 0 Å². The van der Waals surface area contributed by atoms with E-state index in [1.807, 2.05) is 0 Å². The van der Waals surface area contributed by atoms with Crippen LogP contribution >= 0.6 is 0 Å². The third-order valence-corrected chi connectivity index (χ3v) is 8.38. The van der Waals surface area contributed by atoms with Crippen LogP contribution in [-0.2, 0) is 23.2 Å². The van der Waals surface area contributed by atoms with Gasteiger partial charge in [0.2, 0.25) is 0 Å². The first-order chi connectivity index (χ1) is 11.1. The van der Waals surface area contributed by atoms with Gasteiger partial charge in [-0.1, -0.05) is 0 Å². The molecule has 0 saturated heterocycles. The fourth-order valence-electron chi connectivity index (χ4n) is 3.19. The Hall–Kier alpha value is -0.897. The average molecular weight is 464 g/mol. The van der Waals surface area contributed by atoms with Crippen molar-refractivity contribution in [2.24, 2.45) is 0 Å². The second-order valence-corrected chi connectivity index (χ2v) is 9.43. The number of benzene rings is 2. The Balaban J connectivity index is 0.00000113. The third-order valence-electron chi connectivity index (χ3n) is 4.25. The molecule has 0 aliphatic heterocycles. The zero-order valence-electron chi connectivity index (χ0n) is 12.5. The van der Waals surface area contributed by atoms with Crippen molar-refractivity contribution in [3.8, 4) is 0 Å². The fraction of sp³-hybridized carbons (Fsp3) is 0.111. The van der Waals surface area contributed by atoms with E-state index in [2.05, 4.69) is 0 Å². The van der Waals surface area contributed by atoms with Crippen LogP contribution in [0.1, 0.15) is 29.5 Å². The van der Waals surface area contributed by atoms with E-state index in [0.717, 1.165) is 24.3 Å². The molecule has 0 saturated carbocycles. The summed E-state index contributed by atoms with van der Waals surface area (Å²) in [6.07, 6.45) is 6.79. The molecule has 128 valence electrons. The monoisotopic (exact) mass is 462 g/mol. The molecule has 0 spiro atoms. The molecule has 0 fully saturated rings. The molecule has 2 atom stereocenters. The second-order valence-electron chi connectivity index (χ2n) is 5.55. The smallest absolute Gasteiger partial charge is 1.00 e. The minimum atomic E-state index is -1.45. The zero-order valence-corrected chi connectivity index (χ0v) is 16.5. The van der Waals surface area contributed by atoms with Crippen LogP contribution in [0.2, 0.25) is 0 Å². The van der Waals surface area contributed by atoms with Gasteiger partial charge < -0.3 is 24.8 Å². The number of hydrogen-bond donors (Lipinski definition) is 0. The van der Waals surface area contributed by atoms with Gasteiger partial charge in [0, 0.05) is 0 Å². The van der Waals surface area contributed by atoms with Gasteiger partial charge in [-0.2, -0.15) is 0 Å². The maximum absolute atomic E-state index is 14.1. The molecule has 2 aliphatic carbocycles. The van der Waals surface area contributed by atoms with E-state index in [1.54, 1.807) is 24.3 Å². The summed E-state index contributed by atoms with van der Waals surface area (Å²) in [6.45, 7) is 0. The van der Waals surface area contributed by atoms with Gasteiger partial charge in [0.15, 0.2) is 0 Å². The quantitative estimate of drug-likeness (QED) is 0.510. The molecule has 0 bridgehead atoms. The van der Waals surface area contributed by atoms with E-state index < -0.39 is 46.5 Å². The molecule has 25 heavy (non-hydrogen) atoms. The van der Waals surface area contributed by atoms with Gasteiger partial charge in [-0.15, -0.1) is 0 Å². The number of allylic oxidation sites excluding steroid dienone is 2. The summed E-state index contributed by atoms with van der Waals surface area (Å²) in [7, 11) is 0. The van der Waals surface area contributed by atoms with E-state index in [9.17, 15) is 17.6 Å². The fourth-order valence-corrected chi connectivity index (χ4v) is 7.42. The Morgan fingerprint density at radius 1 is 0.600 bits per heavy atom. The van der Waals surface area contributed by atoms with Crippen molar-refractivity contribution in [3.05, 3.63) is 81.9 Å². The normalized spacial score (nSPS) is 18.9. The first kappa shape index (κ1) is 20.4. The van der Waals surface area contributed by atoms with Gasteiger partial charge in [-0.3, -0.25) is 0 Å². The molecule has 2 aliphatic rings. The summed E-state index contributed by atoms with van der Waals surface area (Å²) in [5, 5.41) is 0. The first-order valence-electron chi connectivity index (χ1n) is 7.14. The summed E-state index contributed by atoms with van der Waals surface area (Å²) >= 11 is -1.45. The van der Waals surface area contributed by atoms with Crippen LogP contribution in [0.5, 0.6) is 0 Å². The maximum Gasteiger partial charge on any atom is -1.00 e. The van der Waals surface area contributed by atoms with Crippen LogP contribution in [0, 0.1) is 23.3 Å². The molecular weight excluding hydrogens is 454 g/mol. The molecule has 0 nitrogen and oxygen atoms in total. The van der Waals surface area contributed by atoms with Gasteiger partial charge in [0.05, 0.1) is 0 Å². The maximum atomic E-state index is 14.1. The number of halogens is 6. The van der Waals surface area contributed by atoms with Crippen LogP contribution in [-0.4, -0.2) is 0 Å². The largest absolute Gasteiger partial charge is 1.00 e. The molecule has 0 heterocycles. The molecule has 2 unspecified atom stereocenters. The van der Waals surface area contributed by atoms with Gasteiger partial charge in [-0.25, -0.2) is 0 Å². The molecule has 0 N–H and O–H groups in total. The molecular formula is C18H10Cl2F4Zr. The summed E-state index contributed by atoms with van der Waals surface area (Å²) in [5.74, 6) is -1.75. The Bertz CT molecular complexity index is 808. The third kappa shape index (κ3) is 3.39. The number of fused-ring (bicyclic) bond motifs is 2. The van der Waals surface area contributed by atoms with Crippen molar-refractivity contribution in [2.75, 3.05) is 0 Å². The molecule has 0 amide bonds. The Labute approximate surface area is 166 Å². The second kappa shape index (κ2) is 7.77. The predicted octanol–water partition coefficient (Wildman–Crippen LogP) is -0.830. The molecule has 0 aromatic heterocycles. The van der Waals surface area contributed by atoms with E-state index in [1.165, 1.54) is 0 Å². The molecule has 7 heteroatoms. The topological polar surface area (TPSA) is 0 Å². The van der Waals surface area contributed by atoms with E-state index in [-0.39, 0.29) is 43.2 Å². The van der Waals surface area contributed by atoms with Crippen molar-refractivity contribution in [1.82, 2.24) is 0 Å². The van der Waals surface area contributed by atoms with E-state index >= 15 is 0 Å². The number of rotatable bonds is 2. The minimum absolute atomic E-state index is 0.